The van der Waals surface area contributed by atoms with E-state index in [1.807, 2.05) is 0 Å². The van der Waals surface area contributed by atoms with Crippen LogP contribution in [0.3, 0.4) is 0 Å². The number of benzene rings is 2. The molecular weight excluding hydrogens is 350 g/mol. The molecule has 0 fully saturated rings. The molecule has 0 bridgehead atoms. The molecule has 0 aliphatic rings. The highest BCUT2D eigenvalue weighted by Gasteiger charge is 2.21. The predicted molar refractivity (Wildman–Crippen MR) is 100 cm³/mol. The standard InChI is InChI=1S/C19H21N3O5/c1-19(2,3)18(25)21-14-6-4-5-12(9-14)17(24)20-11-13-10-15(22(26)27)7-8-16(13)23/h4-10,23H,11H2,1-3H3,(H,20,24)(H,21,25). The van der Waals surface area contributed by atoms with Gasteiger partial charge in [0.25, 0.3) is 11.6 Å². The summed E-state index contributed by atoms with van der Waals surface area (Å²) in [4.78, 5) is 34.6. The number of non-ortho nitro benzene ring substituents is 1. The number of anilines is 1. The highest BCUT2D eigenvalue weighted by molar-refractivity contribution is 5.98. The van der Waals surface area contributed by atoms with Crippen LogP contribution < -0.4 is 10.6 Å². The Balaban J connectivity index is 2.09. The van der Waals surface area contributed by atoms with Crippen LogP contribution in [0, 0.1) is 15.5 Å². The largest absolute Gasteiger partial charge is 0.508 e. The summed E-state index contributed by atoms with van der Waals surface area (Å²) in [6, 6.07) is 10.0. The van der Waals surface area contributed by atoms with E-state index in [2.05, 4.69) is 10.6 Å². The molecule has 2 aromatic carbocycles. The van der Waals surface area contributed by atoms with Gasteiger partial charge in [-0.1, -0.05) is 26.8 Å². The number of carbonyl (C=O) groups is 2. The number of phenolic OH excluding ortho intramolecular Hbond substituents is 1. The molecule has 0 aliphatic heterocycles. The minimum atomic E-state index is -0.577. The van der Waals surface area contributed by atoms with E-state index in [0.717, 1.165) is 0 Å². The Hall–Kier alpha value is -3.42. The van der Waals surface area contributed by atoms with Crippen LogP contribution in [-0.2, 0) is 11.3 Å². The van der Waals surface area contributed by atoms with Crippen molar-refractivity contribution in [2.45, 2.75) is 27.3 Å². The van der Waals surface area contributed by atoms with E-state index in [0.29, 0.717) is 11.3 Å². The second-order valence-corrected chi connectivity index (χ2v) is 7.04. The van der Waals surface area contributed by atoms with E-state index in [1.54, 1.807) is 39.0 Å². The number of aromatic hydroxyl groups is 1. The average Bonchev–Trinajstić information content (AvgIpc) is 2.60. The number of rotatable bonds is 5. The van der Waals surface area contributed by atoms with Gasteiger partial charge in [0.2, 0.25) is 5.91 Å². The van der Waals surface area contributed by atoms with Crippen LogP contribution in [0.25, 0.3) is 0 Å². The van der Waals surface area contributed by atoms with E-state index in [-0.39, 0.29) is 29.5 Å². The zero-order valence-corrected chi connectivity index (χ0v) is 15.3. The second-order valence-electron chi connectivity index (χ2n) is 7.04. The molecule has 3 N–H and O–H groups in total. The Kier molecular flexibility index (Phi) is 5.79. The van der Waals surface area contributed by atoms with Gasteiger partial charge < -0.3 is 15.7 Å². The fourth-order valence-corrected chi connectivity index (χ4v) is 2.16. The van der Waals surface area contributed by atoms with Gasteiger partial charge in [0.1, 0.15) is 5.75 Å². The van der Waals surface area contributed by atoms with Gasteiger partial charge >= 0.3 is 0 Å². The Bertz CT molecular complexity index is 887. The van der Waals surface area contributed by atoms with Crippen LogP contribution in [-0.4, -0.2) is 21.8 Å². The first kappa shape index (κ1) is 19.9. The van der Waals surface area contributed by atoms with Crippen LogP contribution in [0.5, 0.6) is 5.75 Å². The number of amides is 2. The van der Waals surface area contributed by atoms with Gasteiger partial charge in [0, 0.05) is 40.9 Å². The molecule has 0 unspecified atom stereocenters. The summed E-state index contributed by atoms with van der Waals surface area (Å²) in [5.41, 5.74) is 0.281. The van der Waals surface area contributed by atoms with Gasteiger partial charge in [-0.2, -0.15) is 0 Å². The first-order valence-corrected chi connectivity index (χ1v) is 8.24. The van der Waals surface area contributed by atoms with Crippen molar-refractivity contribution in [1.82, 2.24) is 5.32 Å². The van der Waals surface area contributed by atoms with E-state index >= 15 is 0 Å². The predicted octanol–water partition coefficient (Wildman–Crippen LogP) is 3.22. The third-order valence-electron chi connectivity index (χ3n) is 3.78. The smallest absolute Gasteiger partial charge is 0.270 e. The first-order chi connectivity index (χ1) is 12.6. The van der Waals surface area contributed by atoms with E-state index in [9.17, 15) is 24.8 Å². The van der Waals surface area contributed by atoms with Crippen LogP contribution in [0.15, 0.2) is 42.5 Å². The monoisotopic (exact) mass is 371 g/mol. The molecule has 142 valence electrons. The molecule has 2 rings (SSSR count). The molecular formula is C19H21N3O5. The van der Waals surface area contributed by atoms with Gasteiger partial charge in [0.05, 0.1) is 4.92 Å². The molecule has 8 heteroatoms. The number of nitrogens with zero attached hydrogens (tertiary/aromatic N) is 1. The summed E-state index contributed by atoms with van der Waals surface area (Å²) >= 11 is 0. The molecule has 27 heavy (non-hydrogen) atoms. The minimum Gasteiger partial charge on any atom is -0.508 e. The Labute approximate surface area is 156 Å². The van der Waals surface area contributed by atoms with Crippen LogP contribution in [0.4, 0.5) is 11.4 Å². The average molecular weight is 371 g/mol. The number of nitro groups is 1. The normalized spacial score (nSPS) is 10.9. The SMILES string of the molecule is CC(C)(C)C(=O)Nc1cccc(C(=O)NCc2cc([N+](=O)[O-])ccc2O)c1. The molecule has 0 aromatic heterocycles. The molecule has 0 heterocycles. The lowest BCUT2D eigenvalue weighted by molar-refractivity contribution is -0.384. The number of nitro benzene ring substituents is 1. The van der Waals surface area contributed by atoms with Gasteiger partial charge in [-0.3, -0.25) is 19.7 Å². The highest BCUT2D eigenvalue weighted by Crippen LogP contribution is 2.23. The van der Waals surface area contributed by atoms with E-state index in [4.69, 9.17) is 0 Å². The van der Waals surface area contributed by atoms with E-state index < -0.39 is 16.2 Å². The molecule has 0 saturated carbocycles. The van der Waals surface area contributed by atoms with Gasteiger partial charge in [-0.05, 0) is 24.3 Å². The summed E-state index contributed by atoms with van der Waals surface area (Å²) in [5.74, 6) is -0.763. The van der Waals surface area contributed by atoms with Crippen molar-refractivity contribution < 1.29 is 19.6 Å². The molecule has 0 radical (unpaired) electrons. The lowest BCUT2D eigenvalue weighted by Crippen LogP contribution is -2.28. The third kappa shape index (κ3) is 5.27. The maximum Gasteiger partial charge on any atom is 0.270 e. The van der Waals surface area contributed by atoms with Crippen molar-refractivity contribution >= 4 is 23.2 Å². The summed E-state index contributed by atoms with van der Waals surface area (Å²) < 4.78 is 0. The van der Waals surface area contributed by atoms with Crippen molar-refractivity contribution in [2.75, 3.05) is 5.32 Å². The molecule has 0 spiro atoms. The van der Waals surface area contributed by atoms with Crippen LogP contribution in [0.1, 0.15) is 36.7 Å². The fraction of sp³-hybridized carbons (Fsp3) is 0.263. The molecule has 0 saturated heterocycles. The lowest BCUT2D eigenvalue weighted by Gasteiger charge is -2.18. The van der Waals surface area contributed by atoms with Crippen molar-refractivity contribution in [1.29, 1.82) is 0 Å². The molecule has 0 aliphatic carbocycles. The summed E-state index contributed by atoms with van der Waals surface area (Å²) in [6.45, 7) is 5.27. The number of nitrogens with one attached hydrogen (secondary N) is 2. The van der Waals surface area contributed by atoms with Crippen molar-refractivity contribution in [3.8, 4) is 5.75 Å². The minimum absolute atomic E-state index is 0.0784. The zero-order valence-electron chi connectivity index (χ0n) is 15.3. The molecule has 2 aromatic rings. The topological polar surface area (TPSA) is 122 Å². The highest BCUT2D eigenvalue weighted by atomic mass is 16.6. The van der Waals surface area contributed by atoms with Gasteiger partial charge in [-0.25, -0.2) is 0 Å². The first-order valence-electron chi connectivity index (χ1n) is 8.24. The maximum absolute atomic E-state index is 12.3. The third-order valence-corrected chi connectivity index (χ3v) is 3.78. The van der Waals surface area contributed by atoms with Crippen LogP contribution in [0.2, 0.25) is 0 Å². The number of carbonyl (C=O) groups excluding carboxylic acids is 2. The number of hydrogen-bond donors (Lipinski definition) is 3. The number of phenols is 1. The van der Waals surface area contributed by atoms with Crippen molar-refractivity contribution in [3.63, 3.8) is 0 Å². The van der Waals surface area contributed by atoms with Gasteiger partial charge in [0.15, 0.2) is 0 Å². The summed E-state index contributed by atoms with van der Waals surface area (Å²) in [5, 5.41) is 26.0. The summed E-state index contributed by atoms with van der Waals surface area (Å²) in [6.07, 6.45) is 0. The Morgan fingerprint density at radius 3 is 2.48 bits per heavy atom. The fourth-order valence-electron chi connectivity index (χ4n) is 2.16. The second kappa shape index (κ2) is 7.86. The lowest BCUT2D eigenvalue weighted by atomic mass is 9.95. The molecule has 0 atom stereocenters. The quantitative estimate of drug-likeness (QED) is 0.550. The van der Waals surface area contributed by atoms with Crippen molar-refractivity contribution in [2.24, 2.45) is 5.41 Å². The Morgan fingerprint density at radius 2 is 1.85 bits per heavy atom. The van der Waals surface area contributed by atoms with Crippen molar-refractivity contribution in [3.05, 3.63) is 63.7 Å². The zero-order chi connectivity index (χ0) is 20.2. The van der Waals surface area contributed by atoms with Gasteiger partial charge in [-0.15, -0.1) is 0 Å². The maximum atomic E-state index is 12.3. The molecule has 2 amide bonds. The van der Waals surface area contributed by atoms with E-state index in [1.165, 1.54) is 24.3 Å². The molecule has 8 nitrogen and oxygen atoms in total. The number of hydrogen-bond acceptors (Lipinski definition) is 5. The summed E-state index contributed by atoms with van der Waals surface area (Å²) in [7, 11) is 0. The Morgan fingerprint density at radius 1 is 1.15 bits per heavy atom. The van der Waals surface area contributed by atoms with Crippen LogP contribution >= 0.6 is 0 Å².